The molecule has 1 aromatic carbocycles. The molecule has 0 aliphatic heterocycles. The Balaban J connectivity index is 2.27. The molecule has 1 aliphatic rings. The molecule has 0 N–H and O–H groups in total. The van der Waals surface area contributed by atoms with Gasteiger partial charge < -0.3 is 0 Å². The second-order valence-corrected chi connectivity index (χ2v) is 7.90. The predicted molar refractivity (Wildman–Crippen MR) is 92.6 cm³/mol. The first-order valence-electron chi connectivity index (χ1n) is 8.17. The van der Waals surface area contributed by atoms with Crippen molar-refractivity contribution in [3.05, 3.63) is 35.9 Å². The van der Waals surface area contributed by atoms with Gasteiger partial charge in [-0.15, -0.1) is 0 Å². The van der Waals surface area contributed by atoms with E-state index >= 15 is 0 Å². The second kappa shape index (κ2) is 7.02. The molecule has 0 spiro atoms. The fourth-order valence-corrected chi connectivity index (χ4v) is 4.49. The lowest BCUT2D eigenvalue weighted by Crippen LogP contribution is -2.43. The third-order valence-corrected chi connectivity index (χ3v) is 6.42. The summed E-state index contributed by atoms with van der Waals surface area (Å²) in [5.74, 6) is 1.29. The van der Waals surface area contributed by atoms with Crippen LogP contribution in [0.2, 0.25) is 0 Å². The summed E-state index contributed by atoms with van der Waals surface area (Å²) >= 11 is 1.98. The highest BCUT2D eigenvalue weighted by atomic mass is 32.2. The molecule has 0 bridgehead atoms. The third kappa shape index (κ3) is 3.24. The zero-order chi connectivity index (χ0) is 14.5. The first kappa shape index (κ1) is 15.9. The van der Waals surface area contributed by atoms with Gasteiger partial charge in [0.1, 0.15) is 0 Å². The monoisotopic (exact) mass is 290 g/mol. The van der Waals surface area contributed by atoms with Crippen LogP contribution in [-0.4, -0.2) is 12.0 Å². The quantitative estimate of drug-likeness (QED) is 0.574. The molecule has 0 radical (unpaired) electrons. The summed E-state index contributed by atoms with van der Waals surface area (Å²) in [6.07, 6.45) is 12.0. The first-order valence-corrected chi connectivity index (χ1v) is 9.56. The van der Waals surface area contributed by atoms with Crippen LogP contribution in [0.15, 0.2) is 30.3 Å². The van der Waals surface area contributed by atoms with Crippen molar-refractivity contribution in [2.75, 3.05) is 12.0 Å². The van der Waals surface area contributed by atoms with Gasteiger partial charge >= 0.3 is 0 Å². The Kier molecular flexibility index (Phi) is 5.60. The molecule has 1 fully saturated rings. The predicted octanol–water partition coefficient (Wildman–Crippen LogP) is 6.06. The molecule has 1 unspecified atom stereocenters. The Morgan fingerprint density at radius 1 is 1.10 bits per heavy atom. The van der Waals surface area contributed by atoms with Gasteiger partial charge in [-0.1, -0.05) is 63.4 Å². The fraction of sp³-hybridized carbons (Fsp3) is 0.684. The Morgan fingerprint density at radius 3 is 2.35 bits per heavy atom. The van der Waals surface area contributed by atoms with E-state index in [0.717, 1.165) is 0 Å². The smallest absolute Gasteiger partial charge is 0.00212 e. The lowest BCUT2D eigenvalue weighted by atomic mass is 9.55. The van der Waals surface area contributed by atoms with E-state index in [1.807, 2.05) is 11.8 Å². The molecule has 1 aromatic rings. The van der Waals surface area contributed by atoms with E-state index in [2.05, 4.69) is 50.4 Å². The summed E-state index contributed by atoms with van der Waals surface area (Å²) in [5, 5.41) is 0. The van der Waals surface area contributed by atoms with E-state index in [0.29, 0.717) is 10.8 Å². The van der Waals surface area contributed by atoms with Crippen molar-refractivity contribution < 1.29 is 0 Å². The molecule has 1 aliphatic carbocycles. The molecule has 1 saturated carbocycles. The molecule has 2 rings (SSSR count). The minimum absolute atomic E-state index is 0.338. The van der Waals surface area contributed by atoms with E-state index < -0.39 is 0 Å². The summed E-state index contributed by atoms with van der Waals surface area (Å²) < 4.78 is 0. The molecule has 1 heteroatoms. The van der Waals surface area contributed by atoms with Gasteiger partial charge in [0.2, 0.25) is 0 Å². The minimum Gasteiger partial charge on any atom is -0.165 e. The van der Waals surface area contributed by atoms with Gasteiger partial charge in [-0.2, -0.15) is 11.8 Å². The van der Waals surface area contributed by atoms with Crippen LogP contribution >= 0.6 is 11.8 Å². The van der Waals surface area contributed by atoms with Crippen molar-refractivity contribution in [3.63, 3.8) is 0 Å². The van der Waals surface area contributed by atoms with Crippen molar-refractivity contribution in [1.82, 2.24) is 0 Å². The Bertz CT molecular complexity index is 391. The fourth-order valence-electron chi connectivity index (χ4n) is 4.05. The molecule has 0 nitrogen and oxygen atoms in total. The zero-order valence-electron chi connectivity index (χ0n) is 13.5. The Labute approximate surface area is 129 Å². The average molecular weight is 291 g/mol. The SMILES string of the molecule is CSCCCC(C)(c1ccccc1)C1(C)CCCCC1. The second-order valence-electron chi connectivity index (χ2n) is 6.92. The molecule has 112 valence electrons. The van der Waals surface area contributed by atoms with Gasteiger partial charge in [0.05, 0.1) is 0 Å². The average Bonchev–Trinajstić information content (AvgIpc) is 2.49. The van der Waals surface area contributed by atoms with Crippen LogP contribution in [0.3, 0.4) is 0 Å². The largest absolute Gasteiger partial charge is 0.165 e. The summed E-state index contributed by atoms with van der Waals surface area (Å²) in [7, 11) is 0. The van der Waals surface area contributed by atoms with Crippen LogP contribution in [-0.2, 0) is 5.41 Å². The van der Waals surface area contributed by atoms with Crippen LogP contribution in [0, 0.1) is 5.41 Å². The van der Waals surface area contributed by atoms with Gasteiger partial charge in [0.15, 0.2) is 0 Å². The maximum atomic E-state index is 2.55. The number of thioether (sulfide) groups is 1. The van der Waals surface area contributed by atoms with Crippen LogP contribution in [0.25, 0.3) is 0 Å². The molecular formula is C19H30S. The third-order valence-electron chi connectivity index (χ3n) is 5.73. The molecule has 0 aromatic heterocycles. The van der Waals surface area contributed by atoms with Crippen molar-refractivity contribution in [2.24, 2.45) is 5.41 Å². The molecule has 0 amide bonds. The van der Waals surface area contributed by atoms with Crippen molar-refractivity contribution in [2.45, 2.75) is 64.2 Å². The highest BCUT2D eigenvalue weighted by Gasteiger charge is 2.45. The molecule has 20 heavy (non-hydrogen) atoms. The molecule has 0 saturated heterocycles. The number of rotatable bonds is 6. The van der Waals surface area contributed by atoms with Crippen molar-refractivity contribution >= 4 is 11.8 Å². The molecular weight excluding hydrogens is 260 g/mol. The topological polar surface area (TPSA) is 0 Å². The minimum atomic E-state index is 0.338. The summed E-state index contributed by atoms with van der Waals surface area (Å²) in [5.41, 5.74) is 2.38. The lowest BCUT2D eigenvalue weighted by molar-refractivity contribution is 0.0861. The normalized spacial score (nSPS) is 21.4. The Hall–Kier alpha value is -0.430. The van der Waals surface area contributed by atoms with E-state index in [1.165, 1.54) is 50.7 Å². The zero-order valence-corrected chi connectivity index (χ0v) is 14.3. The van der Waals surface area contributed by atoms with Crippen LogP contribution in [0.5, 0.6) is 0 Å². The van der Waals surface area contributed by atoms with E-state index in [-0.39, 0.29) is 0 Å². The van der Waals surface area contributed by atoms with Crippen LogP contribution < -0.4 is 0 Å². The van der Waals surface area contributed by atoms with Gasteiger partial charge in [0.25, 0.3) is 0 Å². The Morgan fingerprint density at radius 2 is 1.75 bits per heavy atom. The van der Waals surface area contributed by atoms with Crippen molar-refractivity contribution in [3.8, 4) is 0 Å². The maximum Gasteiger partial charge on any atom is -0.00212 e. The highest BCUT2D eigenvalue weighted by molar-refractivity contribution is 7.98. The molecule has 1 atom stereocenters. The van der Waals surface area contributed by atoms with Gasteiger partial charge in [-0.3, -0.25) is 0 Å². The van der Waals surface area contributed by atoms with Crippen LogP contribution in [0.1, 0.15) is 64.4 Å². The highest BCUT2D eigenvalue weighted by Crippen LogP contribution is 2.53. The van der Waals surface area contributed by atoms with Gasteiger partial charge in [-0.05, 0) is 54.1 Å². The maximum absolute atomic E-state index is 2.55. The summed E-state index contributed by atoms with van der Waals surface area (Å²) in [6, 6.07) is 11.3. The summed E-state index contributed by atoms with van der Waals surface area (Å²) in [6.45, 7) is 5.09. The van der Waals surface area contributed by atoms with Gasteiger partial charge in [0, 0.05) is 0 Å². The van der Waals surface area contributed by atoms with Gasteiger partial charge in [-0.25, -0.2) is 0 Å². The number of benzene rings is 1. The molecule has 0 heterocycles. The van der Waals surface area contributed by atoms with Crippen molar-refractivity contribution in [1.29, 1.82) is 0 Å². The van der Waals surface area contributed by atoms with Crippen LogP contribution in [0.4, 0.5) is 0 Å². The lowest BCUT2D eigenvalue weighted by Gasteiger charge is -2.50. The summed E-state index contributed by atoms with van der Waals surface area (Å²) in [4.78, 5) is 0. The standard InChI is InChI=1S/C19H30S/c1-18(13-8-5-9-14-18)19(2,15-10-16-20-3)17-11-6-4-7-12-17/h4,6-7,11-12H,5,8-10,13-16H2,1-3H3. The van der Waals surface area contributed by atoms with E-state index in [1.54, 1.807) is 5.56 Å². The number of hydrogen-bond donors (Lipinski definition) is 0. The van der Waals surface area contributed by atoms with E-state index in [4.69, 9.17) is 0 Å². The number of hydrogen-bond acceptors (Lipinski definition) is 1. The van der Waals surface area contributed by atoms with E-state index in [9.17, 15) is 0 Å². The first-order chi connectivity index (χ1) is 9.62.